The highest BCUT2D eigenvalue weighted by molar-refractivity contribution is 14.1. The first-order chi connectivity index (χ1) is 10.1. The summed E-state index contributed by atoms with van der Waals surface area (Å²) in [5.74, 6) is 0.447. The largest absolute Gasteiger partial charge is 0.508 e. The van der Waals surface area contributed by atoms with Crippen molar-refractivity contribution >= 4 is 23.0 Å². The Balaban J connectivity index is 1.99. The van der Waals surface area contributed by atoms with Gasteiger partial charge in [-0.05, 0) is 24.3 Å². The second kappa shape index (κ2) is 5.69. The van der Waals surface area contributed by atoms with E-state index in [2.05, 4.69) is 0 Å². The molecule has 4 nitrogen and oxygen atoms in total. The molecule has 110 valence electrons. The molecule has 0 spiro atoms. The minimum Gasteiger partial charge on any atom is -0.508 e. The highest BCUT2D eigenvalue weighted by Crippen LogP contribution is 2.40. The third-order valence-electron chi connectivity index (χ3n) is 3.42. The van der Waals surface area contributed by atoms with Gasteiger partial charge in [0.1, 0.15) is 23.1 Å². The van der Waals surface area contributed by atoms with Gasteiger partial charge >= 0.3 is 0 Å². The predicted octanol–water partition coefficient (Wildman–Crippen LogP) is 3.30. The Labute approximate surface area is 134 Å². The molecule has 21 heavy (non-hydrogen) atoms. The van der Waals surface area contributed by atoms with E-state index in [0.29, 0.717) is 23.5 Å². The van der Waals surface area contributed by atoms with Gasteiger partial charge < -0.3 is 18.0 Å². The van der Waals surface area contributed by atoms with E-state index in [1.807, 2.05) is 0 Å². The van der Waals surface area contributed by atoms with Crippen LogP contribution in [0.25, 0.3) is 0 Å². The number of rotatable bonds is 2. The molecule has 0 amide bonds. The summed E-state index contributed by atoms with van der Waals surface area (Å²) in [5, 5.41) is 19.8. The Hall–Kier alpha value is -1.54. The van der Waals surface area contributed by atoms with Gasteiger partial charge in [-0.3, -0.25) is 0 Å². The van der Waals surface area contributed by atoms with Gasteiger partial charge in [-0.1, -0.05) is 6.07 Å². The first-order valence-corrected chi connectivity index (χ1v) is 7.21. The molecule has 2 N–H and O–H groups in total. The highest BCUT2D eigenvalue weighted by atomic mass is 127. The number of aliphatic hydroxyl groups excluding tert-OH is 1. The first-order valence-electron chi connectivity index (χ1n) is 6.33. The number of ether oxygens (including phenoxy) is 1. The Morgan fingerprint density at radius 1 is 1.29 bits per heavy atom. The quantitative estimate of drug-likeness (QED) is 0.758. The zero-order valence-corrected chi connectivity index (χ0v) is 13.0. The normalized spacial score (nSPS) is 20.5. The maximum atomic E-state index is 13.4. The van der Waals surface area contributed by atoms with E-state index in [0.717, 1.165) is 11.6 Å². The van der Waals surface area contributed by atoms with Crippen LogP contribution in [-0.2, 0) is 6.42 Å². The molecule has 0 saturated carbocycles. The van der Waals surface area contributed by atoms with Crippen molar-refractivity contribution in [2.24, 2.45) is 0 Å². The van der Waals surface area contributed by atoms with Crippen LogP contribution < -0.4 is 7.80 Å². The van der Waals surface area contributed by atoms with Gasteiger partial charge in [0.15, 0.2) is 29.1 Å². The molecule has 6 heteroatoms. The number of aromatic hydroxyl groups is 1. The lowest BCUT2D eigenvalue weighted by Gasteiger charge is -2.31. The fraction of sp³-hybridized carbons (Fsp3) is 0.200. The van der Waals surface area contributed by atoms with Crippen molar-refractivity contribution < 1.29 is 22.4 Å². The summed E-state index contributed by atoms with van der Waals surface area (Å²) in [6.07, 6.45) is -1.26. The maximum absolute atomic E-state index is 13.4. The molecular weight excluding hydrogens is 390 g/mol. The lowest BCUT2D eigenvalue weighted by Crippen LogP contribution is -2.30. The van der Waals surface area contributed by atoms with E-state index >= 15 is 0 Å². The molecule has 0 fully saturated rings. The molecule has 0 radical (unpaired) electrons. The third-order valence-corrected chi connectivity index (χ3v) is 3.90. The van der Waals surface area contributed by atoms with Gasteiger partial charge in [-0.15, -0.1) is 0 Å². The molecule has 0 aliphatic carbocycles. The molecule has 0 bridgehead atoms. The van der Waals surface area contributed by atoms with Crippen LogP contribution in [0.15, 0.2) is 36.4 Å². The number of aliphatic hydroxyl groups is 1. The summed E-state index contributed by atoms with van der Waals surface area (Å²) in [6.45, 7) is 0. The number of phenols is 1. The van der Waals surface area contributed by atoms with Gasteiger partial charge in [-0.25, -0.2) is 4.39 Å². The lowest BCUT2D eigenvalue weighted by atomic mass is 9.94. The summed E-state index contributed by atoms with van der Waals surface area (Å²) in [7, 11) is 0. The Morgan fingerprint density at radius 2 is 2.10 bits per heavy atom. The van der Waals surface area contributed by atoms with Gasteiger partial charge in [0.05, 0.1) is 6.10 Å². The van der Waals surface area contributed by atoms with Crippen LogP contribution in [0.4, 0.5) is 4.39 Å². The number of hydrogen-bond acceptors (Lipinski definition) is 4. The summed E-state index contributed by atoms with van der Waals surface area (Å²) >= 11 is 1.77. The zero-order chi connectivity index (χ0) is 15.0. The summed E-state index contributed by atoms with van der Waals surface area (Å²) in [5.41, 5.74) is 1.17. The van der Waals surface area contributed by atoms with Crippen LogP contribution in [0.3, 0.4) is 0 Å². The van der Waals surface area contributed by atoms with Crippen molar-refractivity contribution in [3.63, 3.8) is 0 Å². The molecule has 1 heterocycles. The van der Waals surface area contributed by atoms with Crippen LogP contribution in [0, 0.1) is 5.82 Å². The Morgan fingerprint density at radius 3 is 2.81 bits per heavy atom. The summed E-state index contributed by atoms with van der Waals surface area (Å²) < 4.78 is 24.4. The van der Waals surface area contributed by atoms with E-state index in [9.17, 15) is 14.6 Å². The monoisotopic (exact) mass is 402 g/mol. The Bertz CT molecular complexity index is 656. The topological polar surface area (TPSA) is 58.9 Å². The van der Waals surface area contributed by atoms with E-state index in [1.54, 1.807) is 41.2 Å². The molecule has 0 aromatic heterocycles. The van der Waals surface area contributed by atoms with E-state index in [1.165, 1.54) is 12.1 Å². The number of hydrogen-bond donors (Lipinski definition) is 2. The molecule has 2 atom stereocenters. The molecule has 3 rings (SSSR count). The van der Waals surface area contributed by atoms with Crippen LogP contribution in [-0.4, -0.2) is 16.3 Å². The molecule has 2 aromatic rings. The highest BCUT2D eigenvalue weighted by Gasteiger charge is 2.32. The Kier molecular flexibility index (Phi) is 3.90. The van der Waals surface area contributed by atoms with Crippen molar-refractivity contribution in [3.05, 3.63) is 53.3 Å². The van der Waals surface area contributed by atoms with Crippen molar-refractivity contribution in [3.8, 4) is 17.2 Å². The second-order valence-corrected chi connectivity index (χ2v) is 5.30. The molecule has 0 saturated heterocycles. The van der Waals surface area contributed by atoms with Crippen molar-refractivity contribution in [2.45, 2.75) is 18.6 Å². The second-order valence-electron chi connectivity index (χ2n) is 4.86. The van der Waals surface area contributed by atoms with Crippen LogP contribution in [0.2, 0.25) is 0 Å². The minimum atomic E-state index is -0.855. The number of fused-ring (bicyclic) bond motifs is 1. The molecular formula is C15H12FIO4. The summed E-state index contributed by atoms with van der Waals surface area (Å²) in [4.78, 5) is 0. The van der Waals surface area contributed by atoms with Crippen LogP contribution in [0.1, 0.15) is 17.2 Å². The fourth-order valence-corrected chi connectivity index (χ4v) is 2.92. The number of halogens is 2. The average Bonchev–Trinajstić information content (AvgIpc) is 2.45. The number of benzene rings is 2. The molecule has 2 unspecified atom stereocenters. The standard InChI is InChI=1S/C15H12FIO4/c16-9-4-8(5-10(18)6-9)15-12(19)7-11-13(20-15)2-1-3-14(11)21-17/h1-6,12,15,18-19H,7H2. The lowest BCUT2D eigenvalue weighted by molar-refractivity contribution is 0.0202. The molecule has 1 aliphatic rings. The maximum Gasteiger partial charge on any atom is 0.192 e. The van der Waals surface area contributed by atoms with Crippen LogP contribution >= 0.6 is 23.0 Å². The van der Waals surface area contributed by atoms with E-state index in [-0.39, 0.29) is 5.75 Å². The first kappa shape index (κ1) is 14.4. The van der Waals surface area contributed by atoms with Crippen molar-refractivity contribution in [2.75, 3.05) is 0 Å². The predicted molar refractivity (Wildman–Crippen MR) is 82.2 cm³/mol. The SMILES string of the molecule is Oc1cc(F)cc(C2Oc3cccc(OI)c3CC2O)c1. The van der Waals surface area contributed by atoms with Crippen molar-refractivity contribution in [1.29, 1.82) is 0 Å². The van der Waals surface area contributed by atoms with Gasteiger partial charge in [0.25, 0.3) is 0 Å². The third kappa shape index (κ3) is 2.77. The van der Waals surface area contributed by atoms with E-state index < -0.39 is 18.0 Å². The van der Waals surface area contributed by atoms with Gasteiger partial charge in [-0.2, -0.15) is 0 Å². The average molecular weight is 402 g/mol. The minimum absolute atomic E-state index is 0.198. The smallest absolute Gasteiger partial charge is 0.192 e. The number of phenolic OH excluding ortho intramolecular Hbond substituents is 1. The molecule has 2 aromatic carbocycles. The van der Waals surface area contributed by atoms with Crippen molar-refractivity contribution in [1.82, 2.24) is 0 Å². The van der Waals surface area contributed by atoms with Gasteiger partial charge in [0, 0.05) is 23.6 Å². The zero-order valence-electron chi connectivity index (χ0n) is 10.8. The fourth-order valence-electron chi connectivity index (χ4n) is 2.51. The molecule has 1 aliphatic heterocycles. The summed E-state index contributed by atoms with van der Waals surface area (Å²) in [6, 6.07) is 8.99. The van der Waals surface area contributed by atoms with Crippen LogP contribution in [0.5, 0.6) is 17.2 Å². The van der Waals surface area contributed by atoms with E-state index in [4.69, 9.17) is 7.80 Å². The van der Waals surface area contributed by atoms with Gasteiger partial charge in [0.2, 0.25) is 0 Å².